The van der Waals surface area contributed by atoms with E-state index in [4.69, 9.17) is 0 Å². The molecule has 0 aromatic heterocycles. The molecular formula is C19H32N2. The van der Waals surface area contributed by atoms with Crippen molar-refractivity contribution in [3.05, 3.63) is 35.4 Å². The first kappa shape index (κ1) is 16.5. The second-order valence-corrected chi connectivity index (χ2v) is 6.35. The van der Waals surface area contributed by atoms with Gasteiger partial charge < -0.3 is 5.32 Å². The van der Waals surface area contributed by atoms with Crippen molar-refractivity contribution < 1.29 is 0 Å². The van der Waals surface area contributed by atoms with Crippen LogP contribution in [0.4, 0.5) is 0 Å². The highest BCUT2D eigenvalue weighted by Gasteiger charge is 2.14. The average Bonchev–Trinajstić information content (AvgIpc) is 2.72. The Morgan fingerprint density at radius 1 is 1.19 bits per heavy atom. The molecule has 0 amide bonds. The SMILES string of the molecule is CCCNC(CC)CCCN1CCCc2ccccc2C1. The maximum Gasteiger partial charge on any atom is 0.0236 e. The molecule has 0 saturated heterocycles. The third-order valence-corrected chi connectivity index (χ3v) is 4.64. The van der Waals surface area contributed by atoms with E-state index in [1.54, 1.807) is 11.1 Å². The van der Waals surface area contributed by atoms with Gasteiger partial charge in [-0.3, -0.25) is 4.90 Å². The molecule has 0 radical (unpaired) electrons. The highest BCUT2D eigenvalue weighted by atomic mass is 15.1. The van der Waals surface area contributed by atoms with Crippen molar-refractivity contribution in [2.24, 2.45) is 0 Å². The quantitative estimate of drug-likeness (QED) is 0.778. The second kappa shape index (κ2) is 9.22. The van der Waals surface area contributed by atoms with Crippen LogP contribution in [0.15, 0.2) is 24.3 Å². The van der Waals surface area contributed by atoms with Crippen molar-refractivity contribution in [3.63, 3.8) is 0 Å². The van der Waals surface area contributed by atoms with Gasteiger partial charge in [-0.2, -0.15) is 0 Å². The van der Waals surface area contributed by atoms with Crippen molar-refractivity contribution in [2.75, 3.05) is 19.6 Å². The molecule has 1 unspecified atom stereocenters. The first-order valence-corrected chi connectivity index (χ1v) is 8.86. The fourth-order valence-corrected chi connectivity index (χ4v) is 3.32. The van der Waals surface area contributed by atoms with Gasteiger partial charge in [0.25, 0.3) is 0 Å². The van der Waals surface area contributed by atoms with Crippen LogP contribution in [0, 0.1) is 0 Å². The summed E-state index contributed by atoms with van der Waals surface area (Å²) in [7, 11) is 0. The summed E-state index contributed by atoms with van der Waals surface area (Å²) in [6.07, 6.45) is 7.68. The van der Waals surface area contributed by atoms with Crippen molar-refractivity contribution >= 4 is 0 Å². The van der Waals surface area contributed by atoms with Crippen LogP contribution in [-0.2, 0) is 13.0 Å². The summed E-state index contributed by atoms with van der Waals surface area (Å²) < 4.78 is 0. The Hall–Kier alpha value is -0.860. The van der Waals surface area contributed by atoms with Crippen LogP contribution in [0.1, 0.15) is 57.1 Å². The van der Waals surface area contributed by atoms with Gasteiger partial charge >= 0.3 is 0 Å². The van der Waals surface area contributed by atoms with Gasteiger partial charge in [0.15, 0.2) is 0 Å². The first-order chi connectivity index (χ1) is 10.3. The minimum absolute atomic E-state index is 0.712. The van der Waals surface area contributed by atoms with Crippen molar-refractivity contribution in [1.29, 1.82) is 0 Å². The molecule has 1 aliphatic heterocycles. The molecule has 2 heteroatoms. The third-order valence-electron chi connectivity index (χ3n) is 4.64. The summed E-state index contributed by atoms with van der Waals surface area (Å²) >= 11 is 0. The zero-order valence-corrected chi connectivity index (χ0v) is 13.9. The molecule has 21 heavy (non-hydrogen) atoms. The molecule has 0 aliphatic carbocycles. The van der Waals surface area contributed by atoms with Gasteiger partial charge in [0.05, 0.1) is 0 Å². The van der Waals surface area contributed by atoms with Crippen molar-refractivity contribution in [2.45, 2.75) is 65.0 Å². The van der Waals surface area contributed by atoms with E-state index in [0.717, 1.165) is 13.1 Å². The number of hydrogen-bond acceptors (Lipinski definition) is 2. The van der Waals surface area contributed by atoms with E-state index in [1.165, 1.54) is 51.6 Å². The lowest BCUT2D eigenvalue weighted by Crippen LogP contribution is -2.31. The summed E-state index contributed by atoms with van der Waals surface area (Å²) in [5.41, 5.74) is 3.11. The number of hydrogen-bond donors (Lipinski definition) is 1. The normalized spacial score (nSPS) is 17.2. The van der Waals surface area contributed by atoms with Crippen LogP contribution in [0.25, 0.3) is 0 Å². The van der Waals surface area contributed by atoms with E-state index in [2.05, 4.69) is 48.3 Å². The largest absolute Gasteiger partial charge is 0.314 e. The molecule has 1 aliphatic rings. The predicted octanol–water partition coefficient (Wildman–Crippen LogP) is 3.99. The monoisotopic (exact) mass is 288 g/mol. The number of fused-ring (bicyclic) bond motifs is 1. The van der Waals surface area contributed by atoms with E-state index in [-0.39, 0.29) is 0 Å². The summed E-state index contributed by atoms with van der Waals surface area (Å²) in [5, 5.41) is 3.67. The third kappa shape index (κ3) is 5.44. The lowest BCUT2D eigenvalue weighted by molar-refractivity contribution is 0.257. The summed E-state index contributed by atoms with van der Waals surface area (Å²) in [4.78, 5) is 2.65. The van der Waals surface area contributed by atoms with Crippen LogP contribution in [0.2, 0.25) is 0 Å². The summed E-state index contributed by atoms with van der Waals surface area (Å²) in [6, 6.07) is 9.69. The van der Waals surface area contributed by atoms with Crippen molar-refractivity contribution in [1.82, 2.24) is 10.2 Å². The van der Waals surface area contributed by atoms with Gasteiger partial charge in [0.2, 0.25) is 0 Å². The predicted molar refractivity (Wildman–Crippen MR) is 91.6 cm³/mol. The minimum Gasteiger partial charge on any atom is -0.314 e. The Kier molecular flexibility index (Phi) is 7.25. The van der Waals surface area contributed by atoms with Crippen LogP contribution >= 0.6 is 0 Å². The van der Waals surface area contributed by atoms with Gasteiger partial charge in [-0.1, -0.05) is 38.1 Å². The van der Waals surface area contributed by atoms with Gasteiger partial charge in [-0.05, 0) is 69.3 Å². The second-order valence-electron chi connectivity index (χ2n) is 6.35. The smallest absolute Gasteiger partial charge is 0.0236 e. The highest BCUT2D eigenvalue weighted by molar-refractivity contribution is 5.27. The Balaban J connectivity index is 1.76. The van der Waals surface area contributed by atoms with Crippen LogP contribution in [0.5, 0.6) is 0 Å². The Bertz CT molecular complexity index is 402. The number of nitrogens with one attached hydrogen (secondary N) is 1. The van der Waals surface area contributed by atoms with Gasteiger partial charge in [0.1, 0.15) is 0 Å². The van der Waals surface area contributed by atoms with E-state index < -0.39 is 0 Å². The highest BCUT2D eigenvalue weighted by Crippen LogP contribution is 2.18. The zero-order valence-electron chi connectivity index (χ0n) is 13.9. The van der Waals surface area contributed by atoms with Crippen LogP contribution in [0.3, 0.4) is 0 Å². The number of benzene rings is 1. The Morgan fingerprint density at radius 2 is 2.00 bits per heavy atom. The topological polar surface area (TPSA) is 15.3 Å². The molecular weight excluding hydrogens is 256 g/mol. The van der Waals surface area contributed by atoms with E-state index in [1.807, 2.05) is 0 Å². The molecule has 2 nitrogen and oxygen atoms in total. The fourth-order valence-electron chi connectivity index (χ4n) is 3.32. The molecule has 118 valence electrons. The number of aryl methyl sites for hydroxylation is 1. The zero-order chi connectivity index (χ0) is 14.9. The Labute approximate surface area is 130 Å². The summed E-state index contributed by atoms with van der Waals surface area (Å²) in [6.45, 7) is 9.36. The average molecular weight is 288 g/mol. The fraction of sp³-hybridized carbons (Fsp3) is 0.684. The molecule has 0 saturated carbocycles. The van der Waals surface area contributed by atoms with E-state index in [9.17, 15) is 0 Å². The molecule has 1 aromatic carbocycles. The molecule has 1 N–H and O–H groups in total. The van der Waals surface area contributed by atoms with E-state index in [0.29, 0.717) is 6.04 Å². The number of rotatable bonds is 8. The Morgan fingerprint density at radius 3 is 2.76 bits per heavy atom. The molecule has 2 rings (SSSR count). The maximum atomic E-state index is 3.67. The molecule has 0 spiro atoms. The minimum atomic E-state index is 0.712. The maximum absolute atomic E-state index is 3.67. The standard InChI is InChI=1S/C19H32N2/c1-3-13-20-19(4-2)12-8-15-21-14-7-11-17-9-5-6-10-18(17)16-21/h5-6,9-10,19-20H,3-4,7-8,11-16H2,1-2H3. The first-order valence-electron chi connectivity index (χ1n) is 8.86. The molecule has 1 atom stereocenters. The van der Waals surface area contributed by atoms with Gasteiger partial charge in [-0.15, -0.1) is 0 Å². The molecule has 1 aromatic rings. The van der Waals surface area contributed by atoms with Crippen LogP contribution in [-0.4, -0.2) is 30.6 Å². The van der Waals surface area contributed by atoms with Gasteiger partial charge in [0, 0.05) is 12.6 Å². The van der Waals surface area contributed by atoms with Crippen molar-refractivity contribution in [3.8, 4) is 0 Å². The number of nitrogens with zero attached hydrogens (tertiary/aromatic N) is 1. The molecule has 0 fully saturated rings. The van der Waals surface area contributed by atoms with E-state index >= 15 is 0 Å². The lowest BCUT2D eigenvalue weighted by Gasteiger charge is -2.22. The van der Waals surface area contributed by atoms with Gasteiger partial charge in [-0.25, -0.2) is 0 Å². The lowest BCUT2D eigenvalue weighted by atomic mass is 10.0. The summed E-state index contributed by atoms with van der Waals surface area (Å²) in [5.74, 6) is 0. The molecule has 0 bridgehead atoms. The molecule has 1 heterocycles. The van der Waals surface area contributed by atoms with Crippen LogP contribution < -0.4 is 5.32 Å².